The molecule has 154 valence electrons. The van der Waals surface area contributed by atoms with Gasteiger partial charge in [-0.2, -0.15) is 0 Å². The average molecular weight is 410 g/mol. The van der Waals surface area contributed by atoms with Gasteiger partial charge in [-0.15, -0.1) is 0 Å². The van der Waals surface area contributed by atoms with Crippen LogP contribution in [0.15, 0.2) is 84.9 Å². The van der Waals surface area contributed by atoms with Crippen molar-refractivity contribution >= 4 is 23.3 Å². The molecule has 3 atom stereocenters. The second kappa shape index (κ2) is 7.76. The monoisotopic (exact) mass is 410 g/mol. The van der Waals surface area contributed by atoms with Crippen molar-refractivity contribution in [3.63, 3.8) is 0 Å². The first-order valence-corrected chi connectivity index (χ1v) is 10.4. The Labute approximate surface area is 180 Å². The Morgan fingerprint density at radius 2 is 1.65 bits per heavy atom. The predicted octanol–water partition coefficient (Wildman–Crippen LogP) is 5.14. The lowest BCUT2D eigenvalue weighted by Gasteiger charge is -2.35. The molecule has 3 aromatic carbocycles. The molecule has 5 rings (SSSR count). The number of carboxylic acid groups (broad SMARTS) is 1. The van der Waals surface area contributed by atoms with Crippen molar-refractivity contribution in [3.05, 3.63) is 96.1 Å². The lowest BCUT2D eigenvalue weighted by Crippen LogP contribution is -2.42. The van der Waals surface area contributed by atoms with Crippen LogP contribution in [0.3, 0.4) is 0 Å². The van der Waals surface area contributed by atoms with Gasteiger partial charge >= 0.3 is 5.97 Å². The molecule has 1 heterocycles. The minimum atomic E-state index is -0.893. The SMILES string of the molecule is O=C(Nc1ccc(-c2ccccc2)cc1)c1cccc2c1NC(C(=O)O)C1CC=CC21. The van der Waals surface area contributed by atoms with Crippen LogP contribution in [0.4, 0.5) is 11.4 Å². The fourth-order valence-electron chi connectivity index (χ4n) is 4.63. The summed E-state index contributed by atoms with van der Waals surface area (Å²) in [5.41, 5.74) is 4.91. The largest absolute Gasteiger partial charge is 0.480 e. The summed E-state index contributed by atoms with van der Waals surface area (Å²) in [4.78, 5) is 24.9. The zero-order valence-electron chi connectivity index (χ0n) is 16.8. The van der Waals surface area contributed by atoms with Gasteiger partial charge < -0.3 is 15.7 Å². The van der Waals surface area contributed by atoms with E-state index in [4.69, 9.17) is 0 Å². The number of aliphatic carboxylic acids is 1. The average Bonchev–Trinajstić information content (AvgIpc) is 3.29. The highest BCUT2D eigenvalue weighted by Gasteiger charge is 2.41. The Hall–Kier alpha value is -3.86. The molecule has 1 amide bonds. The quantitative estimate of drug-likeness (QED) is 0.520. The Balaban J connectivity index is 1.41. The number of fused-ring (bicyclic) bond motifs is 3. The highest BCUT2D eigenvalue weighted by atomic mass is 16.4. The van der Waals surface area contributed by atoms with E-state index >= 15 is 0 Å². The number of anilines is 2. The van der Waals surface area contributed by atoms with Gasteiger partial charge in [0.25, 0.3) is 5.91 Å². The number of rotatable bonds is 4. The van der Waals surface area contributed by atoms with Crippen LogP contribution in [0, 0.1) is 5.92 Å². The van der Waals surface area contributed by atoms with Crippen LogP contribution in [0.1, 0.15) is 28.3 Å². The number of benzene rings is 3. The third-order valence-electron chi connectivity index (χ3n) is 6.16. The summed E-state index contributed by atoms with van der Waals surface area (Å²) in [6, 6.07) is 22.6. The third-order valence-corrected chi connectivity index (χ3v) is 6.16. The molecule has 3 N–H and O–H groups in total. The number of allylic oxidation sites excluding steroid dienone is 2. The highest BCUT2D eigenvalue weighted by Crippen LogP contribution is 2.45. The standard InChI is InChI=1S/C26H22N2O3/c29-25(27-18-14-12-17(13-15-18)16-6-2-1-3-7-16)22-11-5-9-20-19-8-4-10-21(19)24(26(30)31)28-23(20)22/h1-9,11-15,19,21,24,28H,10H2,(H,27,29)(H,30,31). The second-order valence-corrected chi connectivity index (χ2v) is 7.98. The fraction of sp³-hybridized carbons (Fsp3) is 0.154. The van der Waals surface area contributed by atoms with Gasteiger partial charge in [-0.05, 0) is 41.3 Å². The molecule has 0 bridgehead atoms. The first-order valence-electron chi connectivity index (χ1n) is 10.4. The van der Waals surface area contributed by atoms with Crippen LogP contribution < -0.4 is 10.6 Å². The van der Waals surface area contributed by atoms with Gasteiger partial charge in [0.05, 0.1) is 11.3 Å². The third kappa shape index (κ3) is 3.48. The Morgan fingerprint density at radius 1 is 0.903 bits per heavy atom. The molecule has 0 fully saturated rings. The van der Waals surface area contributed by atoms with E-state index in [2.05, 4.69) is 16.7 Å². The molecule has 0 radical (unpaired) electrons. The fourth-order valence-corrected chi connectivity index (χ4v) is 4.63. The molecular weight excluding hydrogens is 388 g/mol. The second-order valence-electron chi connectivity index (χ2n) is 7.98. The lowest BCUT2D eigenvalue weighted by molar-refractivity contribution is -0.139. The summed E-state index contributed by atoms with van der Waals surface area (Å²) < 4.78 is 0. The molecule has 1 aliphatic heterocycles. The van der Waals surface area contributed by atoms with Crippen molar-refractivity contribution in [1.82, 2.24) is 0 Å². The van der Waals surface area contributed by atoms with E-state index in [9.17, 15) is 14.7 Å². The number of hydrogen-bond acceptors (Lipinski definition) is 3. The summed E-state index contributed by atoms with van der Waals surface area (Å²) in [6.07, 6.45) is 4.81. The maximum atomic E-state index is 13.1. The van der Waals surface area contributed by atoms with E-state index in [1.165, 1.54) is 0 Å². The van der Waals surface area contributed by atoms with Crippen molar-refractivity contribution in [2.45, 2.75) is 18.4 Å². The van der Waals surface area contributed by atoms with E-state index in [0.29, 0.717) is 16.9 Å². The van der Waals surface area contributed by atoms with Crippen LogP contribution in [0.2, 0.25) is 0 Å². The number of carbonyl (C=O) groups excluding carboxylic acids is 1. The van der Waals surface area contributed by atoms with E-state index < -0.39 is 12.0 Å². The zero-order chi connectivity index (χ0) is 21.4. The van der Waals surface area contributed by atoms with Gasteiger partial charge in [0.1, 0.15) is 6.04 Å². The number of carboxylic acids is 1. The normalized spacial score (nSPS) is 21.0. The van der Waals surface area contributed by atoms with Crippen LogP contribution in [-0.2, 0) is 4.79 Å². The lowest BCUT2D eigenvalue weighted by atomic mass is 9.78. The predicted molar refractivity (Wildman–Crippen MR) is 121 cm³/mol. The van der Waals surface area contributed by atoms with Gasteiger partial charge in [0, 0.05) is 17.5 Å². The minimum Gasteiger partial charge on any atom is -0.480 e. The number of carbonyl (C=O) groups is 2. The molecule has 3 unspecified atom stereocenters. The molecule has 0 spiro atoms. The Kier molecular flexibility index (Phi) is 4.79. The summed E-state index contributed by atoms with van der Waals surface area (Å²) in [7, 11) is 0. The number of amides is 1. The van der Waals surface area contributed by atoms with Gasteiger partial charge in [-0.1, -0.05) is 66.7 Å². The van der Waals surface area contributed by atoms with Crippen molar-refractivity contribution in [2.24, 2.45) is 5.92 Å². The number of para-hydroxylation sites is 1. The van der Waals surface area contributed by atoms with Crippen LogP contribution in [0.5, 0.6) is 0 Å². The molecule has 0 aromatic heterocycles. The van der Waals surface area contributed by atoms with E-state index in [1.54, 1.807) is 6.07 Å². The maximum Gasteiger partial charge on any atom is 0.326 e. The van der Waals surface area contributed by atoms with Gasteiger partial charge in [-0.3, -0.25) is 4.79 Å². The Bertz CT molecular complexity index is 1170. The molecular formula is C26H22N2O3. The molecule has 5 nitrogen and oxygen atoms in total. The van der Waals surface area contributed by atoms with E-state index in [1.807, 2.05) is 72.8 Å². The first kappa shape index (κ1) is 19.1. The topological polar surface area (TPSA) is 78.4 Å². The molecule has 2 aliphatic rings. The van der Waals surface area contributed by atoms with Gasteiger partial charge in [0.2, 0.25) is 0 Å². The smallest absolute Gasteiger partial charge is 0.326 e. The highest BCUT2D eigenvalue weighted by molar-refractivity contribution is 6.09. The van der Waals surface area contributed by atoms with Crippen LogP contribution >= 0.6 is 0 Å². The van der Waals surface area contributed by atoms with Crippen LogP contribution in [0.25, 0.3) is 11.1 Å². The van der Waals surface area contributed by atoms with Gasteiger partial charge in [-0.25, -0.2) is 4.79 Å². The van der Waals surface area contributed by atoms with E-state index in [0.717, 1.165) is 23.1 Å². The van der Waals surface area contributed by atoms with Crippen molar-refractivity contribution < 1.29 is 14.7 Å². The molecule has 0 saturated heterocycles. The van der Waals surface area contributed by atoms with Gasteiger partial charge in [0.15, 0.2) is 0 Å². The van der Waals surface area contributed by atoms with Crippen molar-refractivity contribution in [1.29, 1.82) is 0 Å². The summed E-state index contributed by atoms with van der Waals surface area (Å²) in [5, 5.41) is 15.8. The number of hydrogen-bond donors (Lipinski definition) is 3. The summed E-state index contributed by atoms with van der Waals surface area (Å²) >= 11 is 0. The summed E-state index contributed by atoms with van der Waals surface area (Å²) in [6.45, 7) is 0. The minimum absolute atomic E-state index is 0.00950. The Morgan fingerprint density at radius 3 is 2.39 bits per heavy atom. The van der Waals surface area contributed by atoms with Crippen molar-refractivity contribution in [2.75, 3.05) is 10.6 Å². The maximum absolute atomic E-state index is 13.1. The molecule has 5 heteroatoms. The molecule has 3 aromatic rings. The molecule has 31 heavy (non-hydrogen) atoms. The van der Waals surface area contributed by atoms with Crippen LogP contribution in [-0.4, -0.2) is 23.0 Å². The zero-order valence-corrected chi connectivity index (χ0v) is 16.8. The first-order chi connectivity index (χ1) is 15.1. The summed E-state index contributed by atoms with van der Waals surface area (Å²) in [5.74, 6) is -1.18. The molecule has 0 saturated carbocycles. The van der Waals surface area contributed by atoms with Crippen molar-refractivity contribution in [3.8, 4) is 11.1 Å². The van der Waals surface area contributed by atoms with E-state index in [-0.39, 0.29) is 17.7 Å². The molecule has 1 aliphatic carbocycles. The number of nitrogens with one attached hydrogen (secondary N) is 2.